The summed E-state index contributed by atoms with van der Waals surface area (Å²) in [5, 5.41) is 18.9. The summed E-state index contributed by atoms with van der Waals surface area (Å²) in [5.74, 6) is 0.228. The maximum absolute atomic E-state index is 9.68. The maximum atomic E-state index is 9.68. The van der Waals surface area contributed by atoms with Gasteiger partial charge in [0.15, 0.2) is 0 Å². The number of aromatic hydroxyl groups is 2. The normalized spacial score (nSPS) is 19.9. The van der Waals surface area contributed by atoms with Gasteiger partial charge in [-0.3, -0.25) is 4.90 Å². The molecule has 4 heteroatoms. The molecule has 4 N–H and O–H groups in total. The standard InChI is InChI=1S/C11H16N2O2/c1-7(13-5-8(12)6-13)10-3-2-9(14)4-11(10)15/h2-4,7-8,14-15H,5-6,12H2,1H3. The molecule has 1 fully saturated rings. The second-order valence-electron chi connectivity index (χ2n) is 4.13. The summed E-state index contributed by atoms with van der Waals surface area (Å²) < 4.78 is 0. The van der Waals surface area contributed by atoms with E-state index in [9.17, 15) is 10.2 Å². The van der Waals surface area contributed by atoms with Crippen molar-refractivity contribution in [3.05, 3.63) is 23.8 Å². The van der Waals surface area contributed by atoms with Crippen molar-refractivity contribution in [1.29, 1.82) is 0 Å². The second kappa shape index (κ2) is 3.72. The number of hydrogen-bond acceptors (Lipinski definition) is 4. The topological polar surface area (TPSA) is 69.7 Å². The lowest BCUT2D eigenvalue weighted by molar-refractivity contribution is 0.102. The molecule has 82 valence electrons. The Labute approximate surface area is 88.9 Å². The first-order valence-corrected chi connectivity index (χ1v) is 5.09. The SMILES string of the molecule is CC(c1ccc(O)cc1O)N1CC(N)C1. The predicted molar refractivity (Wildman–Crippen MR) is 57.7 cm³/mol. The summed E-state index contributed by atoms with van der Waals surface area (Å²) in [4.78, 5) is 2.19. The zero-order chi connectivity index (χ0) is 11.0. The van der Waals surface area contributed by atoms with Crippen LogP contribution in [0.4, 0.5) is 0 Å². The molecule has 15 heavy (non-hydrogen) atoms. The first kappa shape index (κ1) is 10.3. The van der Waals surface area contributed by atoms with Gasteiger partial charge in [-0.1, -0.05) is 6.07 Å². The molecule has 2 rings (SSSR count). The lowest BCUT2D eigenvalue weighted by Crippen LogP contribution is -2.56. The van der Waals surface area contributed by atoms with E-state index in [2.05, 4.69) is 4.90 Å². The molecule has 1 heterocycles. The summed E-state index contributed by atoms with van der Waals surface area (Å²) in [6.07, 6.45) is 0. The second-order valence-corrected chi connectivity index (χ2v) is 4.13. The Hall–Kier alpha value is -1.26. The highest BCUT2D eigenvalue weighted by molar-refractivity contribution is 5.40. The maximum Gasteiger partial charge on any atom is 0.124 e. The van der Waals surface area contributed by atoms with E-state index in [1.165, 1.54) is 6.07 Å². The lowest BCUT2D eigenvalue weighted by atomic mass is 10.00. The van der Waals surface area contributed by atoms with Crippen molar-refractivity contribution in [3.8, 4) is 11.5 Å². The van der Waals surface area contributed by atoms with Crippen molar-refractivity contribution >= 4 is 0 Å². The van der Waals surface area contributed by atoms with Gasteiger partial charge in [-0.15, -0.1) is 0 Å². The van der Waals surface area contributed by atoms with Gasteiger partial charge in [0.1, 0.15) is 11.5 Å². The molecule has 1 aromatic rings. The molecule has 1 saturated heterocycles. The van der Waals surface area contributed by atoms with Crippen LogP contribution < -0.4 is 5.73 Å². The number of nitrogens with zero attached hydrogens (tertiary/aromatic N) is 1. The van der Waals surface area contributed by atoms with Gasteiger partial charge in [-0.05, 0) is 13.0 Å². The van der Waals surface area contributed by atoms with Gasteiger partial charge < -0.3 is 15.9 Å². The first-order valence-electron chi connectivity index (χ1n) is 5.09. The third-order valence-corrected chi connectivity index (χ3v) is 2.95. The number of benzene rings is 1. The molecular weight excluding hydrogens is 192 g/mol. The monoisotopic (exact) mass is 208 g/mol. The van der Waals surface area contributed by atoms with E-state index in [-0.39, 0.29) is 23.6 Å². The minimum Gasteiger partial charge on any atom is -0.508 e. The van der Waals surface area contributed by atoms with Crippen LogP contribution in [0.5, 0.6) is 11.5 Å². The van der Waals surface area contributed by atoms with Crippen molar-refractivity contribution in [1.82, 2.24) is 4.90 Å². The van der Waals surface area contributed by atoms with E-state index in [4.69, 9.17) is 5.73 Å². The van der Waals surface area contributed by atoms with E-state index in [0.717, 1.165) is 18.7 Å². The Morgan fingerprint density at radius 2 is 2.07 bits per heavy atom. The van der Waals surface area contributed by atoms with Crippen LogP contribution in [0.2, 0.25) is 0 Å². The highest BCUT2D eigenvalue weighted by atomic mass is 16.3. The van der Waals surface area contributed by atoms with Gasteiger partial charge in [0.25, 0.3) is 0 Å². The number of phenols is 2. The van der Waals surface area contributed by atoms with Crippen molar-refractivity contribution in [2.75, 3.05) is 13.1 Å². The summed E-state index contributed by atoms with van der Waals surface area (Å²) in [5.41, 5.74) is 6.54. The van der Waals surface area contributed by atoms with Gasteiger partial charge in [0.2, 0.25) is 0 Å². The Morgan fingerprint density at radius 3 is 2.60 bits per heavy atom. The van der Waals surface area contributed by atoms with Gasteiger partial charge in [0, 0.05) is 36.8 Å². The van der Waals surface area contributed by atoms with Crippen LogP contribution in [0.1, 0.15) is 18.5 Å². The molecule has 0 amide bonds. The van der Waals surface area contributed by atoms with Crippen LogP contribution in [0.25, 0.3) is 0 Å². The molecule has 1 unspecified atom stereocenters. The Kier molecular flexibility index (Phi) is 2.54. The van der Waals surface area contributed by atoms with Crippen LogP contribution in [0.3, 0.4) is 0 Å². The van der Waals surface area contributed by atoms with Gasteiger partial charge in [-0.25, -0.2) is 0 Å². The zero-order valence-electron chi connectivity index (χ0n) is 8.72. The number of likely N-dealkylation sites (tertiary alicyclic amines) is 1. The molecule has 0 bridgehead atoms. The summed E-state index contributed by atoms with van der Waals surface area (Å²) >= 11 is 0. The fraction of sp³-hybridized carbons (Fsp3) is 0.455. The predicted octanol–water partition coefficient (Wildman–Crippen LogP) is 0.802. The molecule has 0 aliphatic carbocycles. The van der Waals surface area contributed by atoms with Crippen molar-refractivity contribution in [2.24, 2.45) is 5.73 Å². The minimum absolute atomic E-state index is 0.0868. The number of hydrogen-bond donors (Lipinski definition) is 3. The molecule has 4 nitrogen and oxygen atoms in total. The van der Waals surface area contributed by atoms with E-state index >= 15 is 0 Å². The van der Waals surface area contributed by atoms with E-state index in [0.29, 0.717) is 0 Å². The van der Waals surface area contributed by atoms with Gasteiger partial charge >= 0.3 is 0 Å². The zero-order valence-corrected chi connectivity index (χ0v) is 8.72. The number of nitrogens with two attached hydrogens (primary N) is 1. The van der Waals surface area contributed by atoms with E-state index in [1.54, 1.807) is 12.1 Å². The third kappa shape index (κ3) is 1.91. The van der Waals surface area contributed by atoms with Crippen LogP contribution in [0, 0.1) is 0 Å². The first-order chi connectivity index (χ1) is 7.08. The Morgan fingerprint density at radius 1 is 1.40 bits per heavy atom. The summed E-state index contributed by atoms with van der Waals surface area (Å²) in [6.45, 7) is 3.75. The summed E-state index contributed by atoms with van der Waals surface area (Å²) in [7, 11) is 0. The van der Waals surface area contributed by atoms with Crippen LogP contribution in [0.15, 0.2) is 18.2 Å². The Balaban J connectivity index is 2.15. The van der Waals surface area contributed by atoms with E-state index in [1.807, 2.05) is 6.92 Å². The van der Waals surface area contributed by atoms with Crippen LogP contribution in [-0.2, 0) is 0 Å². The average Bonchev–Trinajstić information content (AvgIpc) is 2.12. The molecule has 0 saturated carbocycles. The number of phenolic OH excluding ortho intramolecular Hbond substituents is 2. The van der Waals surface area contributed by atoms with Crippen molar-refractivity contribution in [3.63, 3.8) is 0 Å². The molecule has 0 aromatic heterocycles. The van der Waals surface area contributed by atoms with E-state index < -0.39 is 0 Å². The average molecular weight is 208 g/mol. The van der Waals surface area contributed by atoms with Crippen LogP contribution in [-0.4, -0.2) is 34.2 Å². The summed E-state index contributed by atoms with van der Waals surface area (Å²) in [6, 6.07) is 5.10. The molecule has 1 aromatic carbocycles. The van der Waals surface area contributed by atoms with Gasteiger partial charge in [-0.2, -0.15) is 0 Å². The molecule has 1 aliphatic heterocycles. The fourth-order valence-corrected chi connectivity index (χ4v) is 1.95. The molecule has 1 aliphatic rings. The lowest BCUT2D eigenvalue weighted by Gasteiger charge is -2.41. The quantitative estimate of drug-likeness (QED) is 0.672. The molecule has 1 atom stereocenters. The van der Waals surface area contributed by atoms with Crippen LogP contribution >= 0.6 is 0 Å². The van der Waals surface area contributed by atoms with Gasteiger partial charge in [0.05, 0.1) is 0 Å². The molecule has 0 spiro atoms. The highest BCUT2D eigenvalue weighted by Gasteiger charge is 2.29. The highest BCUT2D eigenvalue weighted by Crippen LogP contribution is 2.32. The fourth-order valence-electron chi connectivity index (χ4n) is 1.95. The molecular formula is C11H16N2O2. The Bertz CT molecular complexity index is 362. The number of rotatable bonds is 2. The minimum atomic E-state index is 0.0868. The van der Waals surface area contributed by atoms with Crippen molar-refractivity contribution in [2.45, 2.75) is 19.0 Å². The smallest absolute Gasteiger partial charge is 0.124 e. The largest absolute Gasteiger partial charge is 0.508 e. The van der Waals surface area contributed by atoms with Crippen molar-refractivity contribution < 1.29 is 10.2 Å². The third-order valence-electron chi connectivity index (χ3n) is 2.95. The molecule has 0 radical (unpaired) electrons.